The molecule has 0 radical (unpaired) electrons. The van der Waals surface area contributed by atoms with Crippen LogP contribution in [0.1, 0.15) is 36.0 Å². The highest BCUT2D eigenvalue weighted by molar-refractivity contribution is 6.34. The zero-order chi connectivity index (χ0) is 23.1. The lowest BCUT2D eigenvalue weighted by atomic mass is 9.85. The monoisotopic (exact) mass is 485 g/mol. The molecule has 1 N–H and O–H groups in total. The summed E-state index contributed by atoms with van der Waals surface area (Å²) in [5.41, 5.74) is -1.12. The average molecular weight is 486 g/mol. The fraction of sp³-hybridized carbons (Fsp3) is 0.364. The molecule has 2 aromatic rings. The van der Waals surface area contributed by atoms with Gasteiger partial charge in [-0.1, -0.05) is 52.6 Å². The first-order chi connectivity index (χ1) is 15.1. The molecule has 2 amide bonds. The molecule has 170 valence electrons. The van der Waals surface area contributed by atoms with E-state index in [1.54, 1.807) is 17.0 Å². The van der Waals surface area contributed by atoms with Crippen LogP contribution in [0.15, 0.2) is 47.6 Å². The number of alkyl halides is 3. The molecule has 32 heavy (non-hydrogen) atoms. The predicted molar refractivity (Wildman–Crippen MR) is 116 cm³/mol. The molecule has 4 rings (SSSR count). The van der Waals surface area contributed by atoms with Gasteiger partial charge in [0.2, 0.25) is 0 Å². The Morgan fingerprint density at radius 3 is 2.38 bits per heavy atom. The van der Waals surface area contributed by atoms with E-state index in [0.29, 0.717) is 25.2 Å². The molecule has 1 atom stereocenters. The van der Waals surface area contributed by atoms with E-state index in [1.807, 2.05) is 19.1 Å². The highest BCUT2D eigenvalue weighted by atomic mass is 35.5. The number of oxime groups is 1. The second kappa shape index (κ2) is 8.48. The van der Waals surface area contributed by atoms with Gasteiger partial charge in [0, 0.05) is 47.6 Å². The van der Waals surface area contributed by atoms with Gasteiger partial charge in [-0.05, 0) is 36.2 Å². The van der Waals surface area contributed by atoms with Crippen molar-refractivity contribution in [1.82, 2.24) is 10.2 Å². The highest BCUT2D eigenvalue weighted by Gasteiger charge is 2.62. The highest BCUT2D eigenvalue weighted by Crippen LogP contribution is 2.49. The summed E-state index contributed by atoms with van der Waals surface area (Å²) in [7, 11) is 0. The van der Waals surface area contributed by atoms with E-state index in [9.17, 15) is 18.0 Å². The average Bonchev–Trinajstić information content (AvgIpc) is 3.14. The number of urea groups is 1. The number of likely N-dealkylation sites (tertiary alicyclic amines) is 1. The van der Waals surface area contributed by atoms with Gasteiger partial charge >= 0.3 is 12.2 Å². The summed E-state index contributed by atoms with van der Waals surface area (Å²) in [6, 6.07) is 10.8. The Morgan fingerprint density at radius 2 is 1.81 bits per heavy atom. The third kappa shape index (κ3) is 4.13. The largest absolute Gasteiger partial charge is 0.435 e. The van der Waals surface area contributed by atoms with Crippen LogP contribution in [0.5, 0.6) is 0 Å². The number of nitrogens with zero attached hydrogens (tertiary/aromatic N) is 2. The Hall–Kier alpha value is -2.45. The zero-order valence-corrected chi connectivity index (χ0v) is 18.6. The second-order valence-corrected chi connectivity index (χ2v) is 8.72. The molecule has 1 fully saturated rings. The summed E-state index contributed by atoms with van der Waals surface area (Å²) in [5.74, 6) is 0.191. The minimum Gasteiger partial charge on any atom is -0.374 e. The lowest BCUT2D eigenvalue weighted by molar-refractivity contribution is -0.275. The minimum atomic E-state index is -4.74. The number of carbonyl (C=O) groups is 1. The molecule has 2 aliphatic rings. The number of carbonyl (C=O) groups excluding carboxylic acids is 1. The molecular weight excluding hydrogens is 466 g/mol. The van der Waals surface area contributed by atoms with Crippen molar-refractivity contribution in [3.8, 4) is 0 Å². The summed E-state index contributed by atoms with van der Waals surface area (Å²) in [6.07, 6.45) is -5.23. The van der Waals surface area contributed by atoms with Gasteiger partial charge in [-0.3, -0.25) is 0 Å². The summed E-state index contributed by atoms with van der Waals surface area (Å²) in [5, 5.41) is 6.70. The Labute approximate surface area is 193 Å². The Bertz CT molecular complexity index is 1030. The van der Waals surface area contributed by atoms with Crippen LogP contribution in [-0.4, -0.2) is 42.5 Å². The van der Waals surface area contributed by atoms with Crippen molar-refractivity contribution in [2.24, 2.45) is 5.16 Å². The number of hydrogen-bond donors (Lipinski definition) is 1. The van der Waals surface area contributed by atoms with E-state index in [4.69, 9.17) is 28.0 Å². The van der Waals surface area contributed by atoms with Crippen LogP contribution in [0.3, 0.4) is 0 Å². The van der Waals surface area contributed by atoms with Gasteiger partial charge in [0.25, 0.3) is 5.60 Å². The third-order valence-electron chi connectivity index (χ3n) is 5.73. The molecule has 2 heterocycles. The van der Waals surface area contributed by atoms with Crippen LogP contribution in [0, 0.1) is 0 Å². The maximum Gasteiger partial charge on any atom is 0.435 e. The van der Waals surface area contributed by atoms with Gasteiger partial charge < -0.3 is 15.1 Å². The van der Waals surface area contributed by atoms with Gasteiger partial charge in [0.15, 0.2) is 0 Å². The normalized spacial score (nSPS) is 21.1. The molecule has 2 aromatic carbocycles. The first-order valence-electron chi connectivity index (χ1n) is 10.0. The molecule has 1 unspecified atom stereocenters. The van der Waals surface area contributed by atoms with Crippen molar-refractivity contribution < 1.29 is 22.8 Å². The first kappa shape index (κ1) is 22.7. The SMILES string of the molecule is CCNC(=O)N1CC(c2ccc(C3=NOC(c4cc(Cl)cc(Cl)c4)(C(F)(F)F)C3)cc2)C1. The van der Waals surface area contributed by atoms with Crippen molar-refractivity contribution >= 4 is 34.9 Å². The Balaban J connectivity index is 1.50. The van der Waals surface area contributed by atoms with Gasteiger partial charge in [-0.15, -0.1) is 0 Å². The lowest BCUT2D eigenvalue weighted by Crippen LogP contribution is -2.52. The van der Waals surface area contributed by atoms with E-state index in [1.165, 1.54) is 18.2 Å². The molecule has 2 aliphatic heterocycles. The van der Waals surface area contributed by atoms with Crippen molar-refractivity contribution in [1.29, 1.82) is 0 Å². The van der Waals surface area contributed by atoms with Crippen LogP contribution >= 0.6 is 23.2 Å². The fourth-order valence-corrected chi connectivity index (χ4v) is 4.44. The number of nitrogens with one attached hydrogen (secondary N) is 1. The number of benzene rings is 2. The van der Waals surface area contributed by atoms with E-state index < -0.39 is 18.2 Å². The van der Waals surface area contributed by atoms with Crippen LogP contribution in [0.4, 0.5) is 18.0 Å². The molecule has 0 aromatic heterocycles. The summed E-state index contributed by atoms with van der Waals surface area (Å²) < 4.78 is 42.3. The van der Waals surface area contributed by atoms with Gasteiger partial charge in [0.05, 0.1) is 5.71 Å². The minimum absolute atomic E-state index is 0.0830. The number of amides is 2. The van der Waals surface area contributed by atoms with Crippen LogP contribution in [0.25, 0.3) is 0 Å². The maximum atomic E-state index is 14.1. The van der Waals surface area contributed by atoms with E-state index in [-0.39, 0.29) is 33.3 Å². The fourth-order valence-electron chi connectivity index (χ4n) is 3.91. The standard InChI is InChI=1S/C22H20Cl2F3N3O2/c1-2-28-20(31)30-11-15(12-30)13-3-5-14(6-4-13)19-10-21(32-29-19,22(25,26)27)16-7-17(23)9-18(24)8-16/h3-9,15H,2,10-12H2,1H3,(H,28,31). The third-order valence-corrected chi connectivity index (χ3v) is 6.16. The molecule has 0 spiro atoms. The van der Waals surface area contributed by atoms with Gasteiger partial charge in [0.1, 0.15) is 0 Å². The van der Waals surface area contributed by atoms with Crippen molar-refractivity contribution in [3.63, 3.8) is 0 Å². The number of rotatable bonds is 4. The molecule has 10 heteroatoms. The molecule has 0 aliphatic carbocycles. The number of halogens is 5. The topological polar surface area (TPSA) is 53.9 Å². The molecule has 0 saturated carbocycles. The van der Waals surface area contributed by atoms with Crippen LogP contribution in [0.2, 0.25) is 10.0 Å². The van der Waals surface area contributed by atoms with Gasteiger partial charge in [-0.25, -0.2) is 4.79 Å². The van der Waals surface area contributed by atoms with E-state index in [0.717, 1.165) is 5.56 Å². The molecule has 0 bridgehead atoms. The van der Waals surface area contributed by atoms with Crippen LogP contribution in [-0.2, 0) is 10.4 Å². The smallest absolute Gasteiger partial charge is 0.374 e. The summed E-state index contributed by atoms with van der Waals surface area (Å²) >= 11 is 11.9. The summed E-state index contributed by atoms with van der Waals surface area (Å²) in [6.45, 7) is 3.63. The first-order valence-corrected chi connectivity index (χ1v) is 10.8. The Kier molecular flexibility index (Phi) is 6.02. The quantitative estimate of drug-likeness (QED) is 0.603. The zero-order valence-electron chi connectivity index (χ0n) is 17.0. The summed E-state index contributed by atoms with van der Waals surface area (Å²) in [4.78, 5) is 18.6. The second-order valence-electron chi connectivity index (χ2n) is 7.85. The lowest BCUT2D eigenvalue weighted by Gasteiger charge is -2.39. The maximum absolute atomic E-state index is 14.1. The molecular formula is C22H20Cl2F3N3O2. The molecule has 5 nitrogen and oxygen atoms in total. The number of hydrogen-bond acceptors (Lipinski definition) is 3. The van der Waals surface area contributed by atoms with Crippen molar-refractivity contribution in [3.05, 3.63) is 69.2 Å². The molecule has 1 saturated heterocycles. The van der Waals surface area contributed by atoms with Crippen LogP contribution < -0.4 is 5.32 Å². The Morgan fingerprint density at radius 1 is 1.19 bits per heavy atom. The van der Waals surface area contributed by atoms with Gasteiger partial charge in [-0.2, -0.15) is 13.2 Å². The van der Waals surface area contributed by atoms with Crippen molar-refractivity contribution in [2.45, 2.75) is 31.0 Å². The van der Waals surface area contributed by atoms with Crippen molar-refractivity contribution in [2.75, 3.05) is 19.6 Å². The van der Waals surface area contributed by atoms with E-state index in [2.05, 4.69) is 10.5 Å². The van der Waals surface area contributed by atoms with E-state index >= 15 is 0 Å². The predicted octanol–water partition coefficient (Wildman–Crippen LogP) is 5.70.